The Morgan fingerprint density at radius 1 is 1.07 bits per heavy atom. The number of thioether (sulfide) groups is 1. The second-order valence-corrected chi connectivity index (χ2v) is 8.76. The molecule has 0 bridgehead atoms. The zero-order valence-electron chi connectivity index (χ0n) is 15.9. The van der Waals surface area contributed by atoms with Crippen LogP contribution in [0.2, 0.25) is 0 Å². The molecule has 1 unspecified atom stereocenters. The molecule has 0 spiro atoms. The van der Waals surface area contributed by atoms with Crippen LogP contribution in [0.4, 0.5) is 0 Å². The van der Waals surface area contributed by atoms with Crippen LogP contribution in [0, 0.1) is 5.41 Å². The van der Waals surface area contributed by atoms with Gasteiger partial charge >= 0.3 is 0 Å². The lowest BCUT2D eigenvalue weighted by Gasteiger charge is -2.40. The number of rotatable bonds is 5. The molecule has 3 rings (SSSR count). The van der Waals surface area contributed by atoms with Crippen LogP contribution in [0.1, 0.15) is 36.7 Å². The average Bonchev–Trinajstić information content (AvgIpc) is 3.06. The van der Waals surface area contributed by atoms with Gasteiger partial charge in [-0.25, -0.2) is 0 Å². The molecule has 1 aliphatic rings. The van der Waals surface area contributed by atoms with Crippen LogP contribution in [0.15, 0.2) is 65.7 Å². The van der Waals surface area contributed by atoms with E-state index in [1.54, 1.807) is 0 Å². The topological polar surface area (TPSA) is 49.7 Å². The normalized spacial score (nSPS) is 15.4. The number of carbonyl (C=O) groups excluding carboxylic acids is 2. The van der Waals surface area contributed by atoms with E-state index in [1.807, 2.05) is 65.6 Å². The van der Waals surface area contributed by atoms with E-state index in [9.17, 15) is 9.59 Å². The fourth-order valence-corrected chi connectivity index (χ4v) is 4.33. The van der Waals surface area contributed by atoms with Gasteiger partial charge in [0.1, 0.15) is 6.54 Å². The highest BCUT2D eigenvalue weighted by Gasteiger charge is 2.40. The third-order valence-electron chi connectivity index (χ3n) is 4.43. The molecule has 27 heavy (non-hydrogen) atoms. The Kier molecular flexibility index (Phi) is 5.80. The minimum atomic E-state index is -0.276. The number of benzene rings is 2. The van der Waals surface area contributed by atoms with E-state index in [2.05, 4.69) is 25.8 Å². The minimum absolute atomic E-state index is 0.0334. The minimum Gasteiger partial charge on any atom is -0.325 e. The SMILES string of the molecule is CC(C)(C)C(C1=NCC(=O)S1)N(Cc1ccccc1)C(=O)c1ccccc1. The van der Waals surface area contributed by atoms with E-state index < -0.39 is 0 Å². The highest BCUT2D eigenvalue weighted by molar-refractivity contribution is 8.27. The molecule has 140 valence electrons. The van der Waals surface area contributed by atoms with Crippen molar-refractivity contribution in [3.63, 3.8) is 0 Å². The van der Waals surface area contributed by atoms with Gasteiger partial charge in [0.25, 0.3) is 5.91 Å². The summed E-state index contributed by atoms with van der Waals surface area (Å²) in [5.41, 5.74) is 1.42. The average molecular weight is 381 g/mol. The van der Waals surface area contributed by atoms with Crippen LogP contribution in [0.5, 0.6) is 0 Å². The Bertz CT molecular complexity index is 842. The molecule has 1 amide bonds. The molecule has 0 saturated carbocycles. The number of hydrogen-bond donors (Lipinski definition) is 0. The summed E-state index contributed by atoms with van der Waals surface area (Å²) in [4.78, 5) is 31.6. The van der Waals surface area contributed by atoms with Crippen molar-refractivity contribution in [1.29, 1.82) is 0 Å². The molecule has 0 aliphatic carbocycles. The smallest absolute Gasteiger partial charge is 0.254 e. The highest BCUT2D eigenvalue weighted by atomic mass is 32.2. The summed E-state index contributed by atoms with van der Waals surface area (Å²) in [6.07, 6.45) is 0. The van der Waals surface area contributed by atoms with Gasteiger partial charge in [0.05, 0.1) is 11.1 Å². The lowest BCUT2D eigenvalue weighted by Crippen LogP contribution is -2.50. The molecular weight excluding hydrogens is 356 g/mol. The Labute approximate surface area is 164 Å². The van der Waals surface area contributed by atoms with Crippen molar-refractivity contribution in [2.24, 2.45) is 10.4 Å². The molecule has 1 aliphatic heterocycles. The Morgan fingerprint density at radius 2 is 1.67 bits per heavy atom. The Balaban J connectivity index is 2.03. The van der Waals surface area contributed by atoms with Crippen molar-refractivity contribution >= 4 is 27.8 Å². The highest BCUT2D eigenvalue weighted by Crippen LogP contribution is 2.34. The first-order valence-corrected chi connectivity index (χ1v) is 9.83. The van der Waals surface area contributed by atoms with Gasteiger partial charge in [-0.15, -0.1) is 0 Å². The van der Waals surface area contributed by atoms with Crippen molar-refractivity contribution in [2.75, 3.05) is 6.54 Å². The standard InChI is InChI=1S/C22H24N2O2S/c1-22(2,3)19(20-23-14-18(25)27-20)24(15-16-10-6-4-7-11-16)21(26)17-12-8-5-9-13-17/h4-13,19H,14-15H2,1-3H3. The van der Waals surface area contributed by atoms with Crippen molar-refractivity contribution in [3.8, 4) is 0 Å². The largest absolute Gasteiger partial charge is 0.325 e. The number of nitrogens with zero attached hydrogens (tertiary/aromatic N) is 2. The number of aliphatic imine (C=N–C) groups is 1. The summed E-state index contributed by atoms with van der Waals surface area (Å²) in [6, 6.07) is 18.9. The molecule has 1 heterocycles. The van der Waals surface area contributed by atoms with E-state index in [-0.39, 0.29) is 29.0 Å². The molecule has 0 N–H and O–H groups in total. The van der Waals surface area contributed by atoms with Crippen molar-refractivity contribution < 1.29 is 9.59 Å². The van der Waals surface area contributed by atoms with Gasteiger partial charge in [-0.05, 0) is 34.9 Å². The predicted molar refractivity (Wildman–Crippen MR) is 111 cm³/mol. The predicted octanol–water partition coefficient (Wildman–Crippen LogP) is 4.42. The summed E-state index contributed by atoms with van der Waals surface area (Å²) in [6.45, 7) is 6.90. The summed E-state index contributed by atoms with van der Waals surface area (Å²) in [7, 11) is 0. The van der Waals surface area contributed by atoms with Gasteiger partial charge in [0.2, 0.25) is 5.12 Å². The zero-order chi connectivity index (χ0) is 19.4. The van der Waals surface area contributed by atoms with E-state index >= 15 is 0 Å². The maximum Gasteiger partial charge on any atom is 0.254 e. The molecule has 0 saturated heterocycles. The Hall–Kier alpha value is -2.40. The summed E-state index contributed by atoms with van der Waals surface area (Å²) >= 11 is 1.17. The van der Waals surface area contributed by atoms with E-state index in [0.29, 0.717) is 12.1 Å². The molecule has 1 atom stereocenters. The monoisotopic (exact) mass is 380 g/mol. The maximum atomic E-state index is 13.5. The maximum absolute atomic E-state index is 13.5. The molecule has 4 nitrogen and oxygen atoms in total. The van der Waals surface area contributed by atoms with Crippen LogP contribution in [0.3, 0.4) is 0 Å². The van der Waals surface area contributed by atoms with E-state index in [1.165, 1.54) is 11.8 Å². The van der Waals surface area contributed by atoms with Gasteiger partial charge in [0, 0.05) is 12.1 Å². The Morgan fingerprint density at radius 3 is 2.19 bits per heavy atom. The first kappa shape index (κ1) is 19.4. The second-order valence-electron chi connectivity index (χ2n) is 7.68. The van der Waals surface area contributed by atoms with Gasteiger partial charge in [0.15, 0.2) is 0 Å². The van der Waals surface area contributed by atoms with Gasteiger partial charge in [-0.2, -0.15) is 0 Å². The zero-order valence-corrected chi connectivity index (χ0v) is 16.7. The van der Waals surface area contributed by atoms with E-state index in [4.69, 9.17) is 0 Å². The fraction of sp³-hybridized carbons (Fsp3) is 0.318. The quantitative estimate of drug-likeness (QED) is 0.772. The van der Waals surface area contributed by atoms with Crippen molar-refractivity contribution in [2.45, 2.75) is 33.4 Å². The fourth-order valence-electron chi connectivity index (χ4n) is 3.24. The van der Waals surface area contributed by atoms with Gasteiger partial charge in [-0.1, -0.05) is 69.3 Å². The number of amides is 1. The van der Waals surface area contributed by atoms with Crippen LogP contribution in [0.25, 0.3) is 0 Å². The molecule has 2 aromatic rings. The second kappa shape index (κ2) is 8.09. The summed E-state index contributed by atoms with van der Waals surface area (Å²) in [5.74, 6) is -0.0537. The lowest BCUT2D eigenvalue weighted by molar-refractivity contribution is -0.109. The van der Waals surface area contributed by atoms with Gasteiger partial charge < -0.3 is 4.90 Å². The third kappa shape index (κ3) is 4.66. The molecule has 0 radical (unpaired) electrons. The van der Waals surface area contributed by atoms with Crippen LogP contribution in [-0.2, 0) is 11.3 Å². The lowest BCUT2D eigenvalue weighted by atomic mass is 9.85. The first-order valence-electron chi connectivity index (χ1n) is 9.01. The number of hydrogen-bond acceptors (Lipinski definition) is 4. The molecule has 2 aromatic carbocycles. The third-order valence-corrected chi connectivity index (χ3v) is 5.34. The van der Waals surface area contributed by atoms with Crippen LogP contribution < -0.4 is 0 Å². The molecule has 5 heteroatoms. The van der Waals surface area contributed by atoms with Crippen molar-refractivity contribution in [1.82, 2.24) is 4.90 Å². The summed E-state index contributed by atoms with van der Waals surface area (Å²) < 4.78 is 0. The van der Waals surface area contributed by atoms with E-state index in [0.717, 1.165) is 10.6 Å². The van der Waals surface area contributed by atoms with Gasteiger partial charge in [-0.3, -0.25) is 14.6 Å². The first-order chi connectivity index (χ1) is 12.9. The van der Waals surface area contributed by atoms with Crippen LogP contribution >= 0.6 is 11.8 Å². The molecule has 0 fully saturated rings. The molecular formula is C22H24N2O2S. The number of carbonyl (C=O) groups is 2. The van der Waals surface area contributed by atoms with Crippen LogP contribution in [-0.4, -0.2) is 33.6 Å². The summed E-state index contributed by atoms with van der Waals surface area (Å²) in [5, 5.41) is 0.763. The van der Waals surface area contributed by atoms with Crippen molar-refractivity contribution in [3.05, 3.63) is 71.8 Å². The molecule has 0 aromatic heterocycles.